The van der Waals surface area contributed by atoms with Crippen molar-refractivity contribution < 1.29 is 0 Å². The van der Waals surface area contributed by atoms with Crippen molar-refractivity contribution in [3.05, 3.63) is 30.1 Å². The highest BCUT2D eigenvalue weighted by molar-refractivity contribution is 5.05. The Bertz CT molecular complexity index is 284. The average Bonchev–Trinajstić information content (AvgIpc) is 2.39. The molecule has 1 aromatic rings. The van der Waals surface area contributed by atoms with Crippen molar-refractivity contribution in [2.24, 2.45) is 5.92 Å². The van der Waals surface area contributed by atoms with E-state index >= 15 is 0 Å². The lowest BCUT2D eigenvalue weighted by atomic mass is 9.88. The Labute approximate surface area is 106 Å². The maximum absolute atomic E-state index is 4.42. The zero-order chi connectivity index (χ0) is 12.5. The first-order valence-electron chi connectivity index (χ1n) is 6.89. The summed E-state index contributed by atoms with van der Waals surface area (Å²) in [6, 6.07) is 6.73. The molecule has 17 heavy (non-hydrogen) atoms. The van der Waals surface area contributed by atoms with Crippen LogP contribution in [0.4, 0.5) is 0 Å². The lowest BCUT2D eigenvalue weighted by molar-refractivity contribution is 0.328. The van der Waals surface area contributed by atoms with E-state index < -0.39 is 0 Å². The molecular weight excluding hydrogens is 208 g/mol. The first-order valence-corrected chi connectivity index (χ1v) is 6.89. The molecule has 96 valence electrons. The molecular formula is C15H26N2. The molecule has 1 N–H and O–H groups in total. The minimum Gasteiger partial charge on any atom is -0.316 e. The molecule has 0 aromatic carbocycles. The Kier molecular flexibility index (Phi) is 6.87. The van der Waals surface area contributed by atoms with Gasteiger partial charge in [-0.25, -0.2) is 0 Å². The van der Waals surface area contributed by atoms with Crippen molar-refractivity contribution in [2.45, 2.75) is 52.0 Å². The van der Waals surface area contributed by atoms with Crippen molar-refractivity contribution in [3.8, 4) is 0 Å². The third-order valence-corrected chi connectivity index (χ3v) is 3.55. The standard InChI is InChI=1S/C15H26N2/c1-4-6-9-13(5-2)15(16-3)12-14-10-7-8-11-17-14/h7-8,10-11,13,15-16H,4-6,9,12H2,1-3H3. The first kappa shape index (κ1) is 14.2. The van der Waals surface area contributed by atoms with Crippen molar-refractivity contribution in [3.63, 3.8) is 0 Å². The SMILES string of the molecule is CCCCC(CC)C(Cc1ccccn1)NC. The van der Waals surface area contributed by atoms with Crippen LogP contribution in [0.5, 0.6) is 0 Å². The van der Waals surface area contributed by atoms with Crippen molar-refractivity contribution in [1.82, 2.24) is 10.3 Å². The van der Waals surface area contributed by atoms with Gasteiger partial charge in [-0.1, -0.05) is 39.2 Å². The number of nitrogens with zero attached hydrogens (tertiary/aromatic N) is 1. The normalized spacial score (nSPS) is 14.5. The summed E-state index contributed by atoms with van der Waals surface area (Å²) >= 11 is 0. The quantitative estimate of drug-likeness (QED) is 0.745. The van der Waals surface area contributed by atoms with E-state index in [0.29, 0.717) is 6.04 Å². The summed E-state index contributed by atoms with van der Waals surface area (Å²) < 4.78 is 0. The Morgan fingerprint density at radius 2 is 2.12 bits per heavy atom. The third-order valence-electron chi connectivity index (χ3n) is 3.55. The smallest absolute Gasteiger partial charge is 0.0419 e. The maximum Gasteiger partial charge on any atom is 0.0419 e. The largest absolute Gasteiger partial charge is 0.316 e. The van der Waals surface area contributed by atoms with Crippen molar-refractivity contribution >= 4 is 0 Å². The first-order chi connectivity index (χ1) is 8.31. The van der Waals surface area contributed by atoms with Crippen LogP contribution in [0.3, 0.4) is 0 Å². The molecule has 1 aromatic heterocycles. The van der Waals surface area contributed by atoms with Gasteiger partial charge in [-0.05, 0) is 31.5 Å². The van der Waals surface area contributed by atoms with E-state index in [9.17, 15) is 0 Å². The molecule has 0 aliphatic rings. The predicted molar refractivity (Wildman–Crippen MR) is 74.1 cm³/mol. The Morgan fingerprint density at radius 3 is 2.65 bits per heavy atom. The molecule has 0 radical (unpaired) electrons. The highest BCUT2D eigenvalue weighted by Gasteiger charge is 2.18. The molecule has 2 unspecified atom stereocenters. The van der Waals surface area contributed by atoms with Gasteiger partial charge in [-0.3, -0.25) is 4.98 Å². The summed E-state index contributed by atoms with van der Waals surface area (Å²) in [5, 5.41) is 3.47. The van der Waals surface area contributed by atoms with Crippen LogP contribution in [0.2, 0.25) is 0 Å². The van der Waals surface area contributed by atoms with Gasteiger partial charge in [0, 0.05) is 24.4 Å². The molecule has 1 rings (SSSR count). The van der Waals surface area contributed by atoms with Gasteiger partial charge < -0.3 is 5.32 Å². The van der Waals surface area contributed by atoms with Crippen LogP contribution in [-0.4, -0.2) is 18.1 Å². The number of rotatable bonds is 8. The summed E-state index contributed by atoms with van der Waals surface area (Å²) in [7, 11) is 2.07. The maximum atomic E-state index is 4.42. The van der Waals surface area contributed by atoms with Crippen LogP contribution in [0.25, 0.3) is 0 Å². The highest BCUT2D eigenvalue weighted by Crippen LogP contribution is 2.19. The zero-order valence-corrected chi connectivity index (χ0v) is 11.4. The molecule has 0 spiro atoms. The number of likely N-dealkylation sites (N-methyl/N-ethyl adjacent to an activating group) is 1. The molecule has 2 heteroatoms. The lowest BCUT2D eigenvalue weighted by Crippen LogP contribution is -2.35. The third kappa shape index (κ3) is 4.86. The number of hydrogen-bond donors (Lipinski definition) is 1. The van der Waals surface area contributed by atoms with E-state index in [1.807, 2.05) is 12.3 Å². The zero-order valence-electron chi connectivity index (χ0n) is 11.4. The van der Waals surface area contributed by atoms with E-state index in [4.69, 9.17) is 0 Å². The van der Waals surface area contributed by atoms with E-state index in [1.165, 1.54) is 31.4 Å². The van der Waals surface area contributed by atoms with Crippen LogP contribution >= 0.6 is 0 Å². The van der Waals surface area contributed by atoms with E-state index in [2.05, 4.69) is 43.3 Å². The van der Waals surface area contributed by atoms with Gasteiger partial charge in [0.2, 0.25) is 0 Å². The number of hydrogen-bond acceptors (Lipinski definition) is 2. The Hall–Kier alpha value is -0.890. The second-order valence-electron chi connectivity index (χ2n) is 4.73. The molecule has 1 heterocycles. The molecule has 0 amide bonds. The van der Waals surface area contributed by atoms with Crippen LogP contribution in [0.15, 0.2) is 24.4 Å². The molecule has 0 fully saturated rings. The number of nitrogens with one attached hydrogen (secondary N) is 1. The van der Waals surface area contributed by atoms with Gasteiger partial charge in [0.1, 0.15) is 0 Å². The molecule has 0 saturated heterocycles. The van der Waals surface area contributed by atoms with Gasteiger partial charge in [-0.2, -0.15) is 0 Å². The molecule has 0 aliphatic heterocycles. The summed E-state index contributed by atoms with van der Waals surface area (Å²) in [5.74, 6) is 0.766. The second kappa shape index (κ2) is 8.24. The van der Waals surface area contributed by atoms with Crippen LogP contribution < -0.4 is 5.32 Å². The summed E-state index contributed by atoms with van der Waals surface area (Å²) in [6.45, 7) is 4.56. The fraction of sp³-hybridized carbons (Fsp3) is 0.667. The Morgan fingerprint density at radius 1 is 1.29 bits per heavy atom. The minimum absolute atomic E-state index is 0.557. The summed E-state index contributed by atoms with van der Waals surface area (Å²) in [5.41, 5.74) is 1.20. The van der Waals surface area contributed by atoms with Gasteiger partial charge in [-0.15, -0.1) is 0 Å². The van der Waals surface area contributed by atoms with Gasteiger partial charge in [0.05, 0.1) is 0 Å². The van der Waals surface area contributed by atoms with Crippen LogP contribution in [0.1, 0.15) is 45.2 Å². The fourth-order valence-electron chi connectivity index (χ4n) is 2.40. The van der Waals surface area contributed by atoms with Gasteiger partial charge in [0.15, 0.2) is 0 Å². The molecule has 2 atom stereocenters. The average molecular weight is 234 g/mol. The topological polar surface area (TPSA) is 24.9 Å². The monoisotopic (exact) mass is 234 g/mol. The second-order valence-corrected chi connectivity index (χ2v) is 4.73. The lowest BCUT2D eigenvalue weighted by Gasteiger charge is -2.25. The van der Waals surface area contributed by atoms with Crippen LogP contribution in [-0.2, 0) is 6.42 Å². The number of unbranched alkanes of at least 4 members (excludes halogenated alkanes) is 1. The van der Waals surface area contributed by atoms with E-state index in [0.717, 1.165) is 12.3 Å². The van der Waals surface area contributed by atoms with E-state index in [-0.39, 0.29) is 0 Å². The van der Waals surface area contributed by atoms with Gasteiger partial charge >= 0.3 is 0 Å². The Balaban J connectivity index is 2.56. The molecule has 0 bridgehead atoms. The summed E-state index contributed by atoms with van der Waals surface area (Å²) in [4.78, 5) is 4.42. The number of aromatic nitrogens is 1. The molecule has 0 aliphatic carbocycles. The van der Waals surface area contributed by atoms with E-state index in [1.54, 1.807) is 0 Å². The minimum atomic E-state index is 0.557. The summed E-state index contributed by atoms with van der Waals surface area (Å²) in [6.07, 6.45) is 8.12. The highest BCUT2D eigenvalue weighted by atomic mass is 14.9. The predicted octanol–water partition coefficient (Wildman–Crippen LogP) is 3.43. The molecule has 0 saturated carbocycles. The van der Waals surface area contributed by atoms with Crippen LogP contribution in [0, 0.1) is 5.92 Å². The number of pyridine rings is 1. The fourth-order valence-corrected chi connectivity index (χ4v) is 2.40. The van der Waals surface area contributed by atoms with Gasteiger partial charge in [0.25, 0.3) is 0 Å². The molecule has 2 nitrogen and oxygen atoms in total. The van der Waals surface area contributed by atoms with Crippen molar-refractivity contribution in [1.29, 1.82) is 0 Å². The van der Waals surface area contributed by atoms with Crippen molar-refractivity contribution in [2.75, 3.05) is 7.05 Å².